The topological polar surface area (TPSA) is 83.6 Å². The minimum absolute atomic E-state index is 0. The summed E-state index contributed by atoms with van der Waals surface area (Å²) in [6, 6.07) is 5.55. The molecule has 1 aromatic carbocycles. The van der Waals surface area contributed by atoms with Gasteiger partial charge in [0.1, 0.15) is 6.04 Å². The Labute approximate surface area is 157 Å². The van der Waals surface area contributed by atoms with Crippen LogP contribution >= 0.6 is 0 Å². The fraction of sp³-hybridized carbons (Fsp3) is 0.231. The molecule has 0 spiro atoms. The number of carbonyl (C=O) groups excluding carboxylic acids is 4. The van der Waals surface area contributed by atoms with Gasteiger partial charge in [-0.15, -0.1) is 0 Å². The Kier molecular flexibility index (Phi) is 4.55. The number of amides is 4. The van der Waals surface area contributed by atoms with E-state index in [4.69, 9.17) is 0 Å². The SMILES string of the molecule is O=C1CCC(N2C(=O)c3ccccc3C2=O)C(=O)N1.[KH]. The van der Waals surface area contributed by atoms with Crippen LogP contribution in [-0.4, -0.2) is 86.0 Å². The summed E-state index contributed by atoms with van der Waals surface area (Å²) in [5.41, 5.74) is 0.606. The van der Waals surface area contributed by atoms with Crippen LogP contribution in [0.15, 0.2) is 24.3 Å². The molecule has 0 bridgehead atoms. The molecule has 1 atom stereocenters. The molecule has 3 rings (SSSR count). The first-order valence-electron chi connectivity index (χ1n) is 5.90. The minimum atomic E-state index is -0.898. The number of imide groups is 2. The second-order valence-electron chi connectivity index (χ2n) is 4.49. The van der Waals surface area contributed by atoms with Crippen LogP contribution in [0.1, 0.15) is 33.6 Å². The maximum atomic E-state index is 12.2. The van der Waals surface area contributed by atoms with Crippen molar-refractivity contribution in [2.75, 3.05) is 0 Å². The summed E-state index contributed by atoms with van der Waals surface area (Å²) in [4.78, 5) is 48.1. The molecule has 7 heteroatoms. The zero-order valence-corrected chi connectivity index (χ0v) is 9.88. The monoisotopic (exact) mass is 298 g/mol. The summed E-state index contributed by atoms with van der Waals surface area (Å²) in [5, 5.41) is 2.15. The summed E-state index contributed by atoms with van der Waals surface area (Å²) in [6.07, 6.45) is 0.306. The van der Waals surface area contributed by atoms with E-state index >= 15 is 0 Å². The summed E-state index contributed by atoms with van der Waals surface area (Å²) in [6.45, 7) is 0. The zero-order chi connectivity index (χ0) is 13.6. The molecule has 0 radical (unpaired) electrons. The standard InChI is InChI=1S/C13H10N2O4.K.H/c16-10-6-5-9(11(17)14-10)15-12(18)7-3-1-2-4-8(7)13(15)19;;/h1-4,9H,5-6H2,(H,14,16,17);;. The third-order valence-corrected chi connectivity index (χ3v) is 3.35. The Hall–Kier alpha value is -0.864. The van der Waals surface area contributed by atoms with Crippen molar-refractivity contribution in [2.45, 2.75) is 18.9 Å². The van der Waals surface area contributed by atoms with E-state index < -0.39 is 23.8 Å². The molecule has 0 aliphatic carbocycles. The molecule has 6 nitrogen and oxygen atoms in total. The number of nitrogens with zero attached hydrogens (tertiary/aromatic N) is 1. The number of hydrogen-bond donors (Lipinski definition) is 1. The average Bonchev–Trinajstić information content (AvgIpc) is 2.64. The summed E-state index contributed by atoms with van der Waals surface area (Å²) >= 11 is 0. The normalized spacial score (nSPS) is 21.4. The van der Waals surface area contributed by atoms with E-state index in [9.17, 15) is 19.2 Å². The molecule has 2 aliphatic heterocycles. The maximum absolute atomic E-state index is 12.2. The Morgan fingerprint density at radius 2 is 1.55 bits per heavy atom. The molecule has 4 amide bonds. The van der Waals surface area contributed by atoms with E-state index in [-0.39, 0.29) is 70.1 Å². The first kappa shape index (κ1) is 15.5. The van der Waals surface area contributed by atoms with Gasteiger partial charge in [-0.05, 0) is 18.6 Å². The molecule has 1 N–H and O–H groups in total. The summed E-state index contributed by atoms with van der Waals surface area (Å²) in [5.74, 6) is -1.92. The fourth-order valence-corrected chi connectivity index (χ4v) is 2.42. The van der Waals surface area contributed by atoms with Crippen LogP contribution in [0.4, 0.5) is 0 Å². The van der Waals surface area contributed by atoms with Gasteiger partial charge in [0, 0.05) is 6.42 Å². The van der Waals surface area contributed by atoms with Crippen molar-refractivity contribution in [3.8, 4) is 0 Å². The van der Waals surface area contributed by atoms with E-state index in [1.165, 1.54) is 0 Å². The van der Waals surface area contributed by atoms with Gasteiger partial charge in [-0.2, -0.15) is 0 Å². The van der Waals surface area contributed by atoms with E-state index in [0.717, 1.165) is 4.90 Å². The van der Waals surface area contributed by atoms with Crippen LogP contribution in [-0.2, 0) is 9.59 Å². The Balaban J connectivity index is 0.00000147. The fourth-order valence-electron chi connectivity index (χ4n) is 2.42. The van der Waals surface area contributed by atoms with E-state index in [1.807, 2.05) is 0 Å². The quantitative estimate of drug-likeness (QED) is 0.556. The van der Waals surface area contributed by atoms with Gasteiger partial charge >= 0.3 is 51.4 Å². The van der Waals surface area contributed by atoms with Crippen LogP contribution in [0.2, 0.25) is 0 Å². The van der Waals surface area contributed by atoms with Crippen LogP contribution in [0, 0.1) is 0 Å². The number of piperidine rings is 1. The Bertz CT molecular complexity index is 594. The van der Waals surface area contributed by atoms with E-state index in [2.05, 4.69) is 5.32 Å². The van der Waals surface area contributed by atoms with Gasteiger partial charge in [-0.1, -0.05) is 12.1 Å². The van der Waals surface area contributed by atoms with Crippen LogP contribution in [0.3, 0.4) is 0 Å². The Morgan fingerprint density at radius 1 is 1.00 bits per heavy atom. The van der Waals surface area contributed by atoms with Crippen molar-refractivity contribution in [3.63, 3.8) is 0 Å². The second kappa shape index (κ2) is 5.86. The van der Waals surface area contributed by atoms with Gasteiger partial charge in [0.2, 0.25) is 11.8 Å². The number of benzene rings is 1. The first-order valence-corrected chi connectivity index (χ1v) is 5.90. The van der Waals surface area contributed by atoms with Gasteiger partial charge in [0.05, 0.1) is 11.1 Å². The molecule has 98 valence electrons. The van der Waals surface area contributed by atoms with E-state index in [0.29, 0.717) is 11.1 Å². The summed E-state index contributed by atoms with van der Waals surface area (Å²) in [7, 11) is 0. The van der Waals surface area contributed by atoms with Crippen molar-refractivity contribution in [3.05, 3.63) is 35.4 Å². The van der Waals surface area contributed by atoms with Crippen molar-refractivity contribution < 1.29 is 19.2 Å². The zero-order valence-electron chi connectivity index (χ0n) is 9.88. The van der Waals surface area contributed by atoms with E-state index in [1.54, 1.807) is 24.3 Å². The van der Waals surface area contributed by atoms with Crippen molar-refractivity contribution >= 4 is 75.0 Å². The molecule has 0 saturated carbocycles. The van der Waals surface area contributed by atoms with Crippen molar-refractivity contribution in [1.82, 2.24) is 10.2 Å². The third kappa shape index (κ3) is 2.40. The third-order valence-electron chi connectivity index (χ3n) is 3.35. The molecule has 1 fully saturated rings. The predicted molar refractivity (Wildman–Crippen MR) is 70.3 cm³/mol. The molecule has 20 heavy (non-hydrogen) atoms. The number of carbonyl (C=O) groups is 4. The van der Waals surface area contributed by atoms with Gasteiger partial charge in [-0.3, -0.25) is 29.4 Å². The molecule has 2 aliphatic rings. The van der Waals surface area contributed by atoms with Crippen LogP contribution in [0.5, 0.6) is 0 Å². The number of fused-ring (bicyclic) bond motifs is 1. The number of nitrogens with one attached hydrogen (secondary N) is 1. The van der Waals surface area contributed by atoms with Gasteiger partial charge < -0.3 is 0 Å². The molecular weight excluding hydrogens is 287 g/mol. The van der Waals surface area contributed by atoms with Crippen molar-refractivity contribution in [1.29, 1.82) is 0 Å². The van der Waals surface area contributed by atoms with Crippen molar-refractivity contribution in [2.24, 2.45) is 0 Å². The van der Waals surface area contributed by atoms with Gasteiger partial charge in [-0.25, -0.2) is 0 Å². The summed E-state index contributed by atoms with van der Waals surface area (Å²) < 4.78 is 0. The molecule has 0 aromatic heterocycles. The first-order chi connectivity index (χ1) is 9.09. The van der Waals surface area contributed by atoms with Crippen LogP contribution in [0.25, 0.3) is 0 Å². The molecule has 1 saturated heterocycles. The molecule has 2 heterocycles. The van der Waals surface area contributed by atoms with Crippen LogP contribution < -0.4 is 5.32 Å². The Morgan fingerprint density at radius 3 is 2.05 bits per heavy atom. The van der Waals surface area contributed by atoms with Gasteiger partial charge in [0.25, 0.3) is 11.8 Å². The average molecular weight is 298 g/mol. The molecular formula is C13H11KN2O4. The predicted octanol–water partition coefficient (Wildman–Crippen LogP) is -0.561. The number of hydrogen-bond acceptors (Lipinski definition) is 4. The molecule has 1 unspecified atom stereocenters. The second-order valence-corrected chi connectivity index (χ2v) is 4.49. The number of rotatable bonds is 1. The molecule has 1 aromatic rings. The van der Waals surface area contributed by atoms with Gasteiger partial charge in [0.15, 0.2) is 0 Å².